The Morgan fingerprint density at radius 2 is 2.31 bits per heavy atom. The predicted molar refractivity (Wildman–Crippen MR) is 60.5 cm³/mol. The molecule has 3 atom stereocenters. The molecule has 1 N–H and O–H groups in total. The lowest BCUT2D eigenvalue weighted by molar-refractivity contribution is 0.0850. The van der Waals surface area contributed by atoms with Crippen molar-refractivity contribution in [2.75, 3.05) is 7.11 Å². The molecule has 0 saturated carbocycles. The summed E-state index contributed by atoms with van der Waals surface area (Å²) in [5, 5.41) is 10.2. The Morgan fingerprint density at radius 3 is 3.12 bits per heavy atom. The van der Waals surface area contributed by atoms with E-state index in [0.717, 1.165) is 18.5 Å². The Kier molecular flexibility index (Phi) is 2.21. The average Bonchev–Trinajstić information content (AvgIpc) is 2.29. The van der Waals surface area contributed by atoms with Gasteiger partial charge in [0, 0.05) is 23.6 Å². The Balaban J connectivity index is 2.07. The standard InChI is InChI=1S/C13H15NO2/c1-16-12-6-5-9-10-4-2-3-8(13(10)15)7-11(9)14-12/h2-3,5-6,8,10,13,15H,4,7H2,1H3/t8-,10+,13-/m0/s1. The molecule has 2 aliphatic carbocycles. The Hall–Kier alpha value is -1.35. The van der Waals surface area contributed by atoms with Crippen molar-refractivity contribution in [2.45, 2.75) is 24.9 Å². The van der Waals surface area contributed by atoms with E-state index >= 15 is 0 Å². The van der Waals surface area contributed by atoms with Crippen LogP contribution in [0.25, 0.3) is 0 Å². The van der Waals surface area contributed by atoms with E-state index in [4.69, 9.17) is 4.74 Å². The van der Waals surface area contributed by atoms with E-state index in [1.807, 2.05) is 12.1 Å². The molecule has 0 saturated heterocycles. The molecule has 16 heavy (non-hydrogen) atoms. The van der Waals surface area contributed by atoms with Crippen molar-refractivity contribution < 1.29 is 9.84 Å². The number of aliphatic hydroxyl groups is 1. The number of nitrogens with zero attached hydrogens (tertiary/aromatic N) is 1. The summed E-state index contributed by atoms with van der Waals surface area (Å²) in [6.45, 7) is 0. The van der Waals surface area contributed by atoms with Gasteiger partial charge in [0.15, 0.2) is 0 Å². The minimum atomic E-state index is -0.243. The molecule has 0 amide bonds. The number of ether oxygens (including phenoxy) is 1. The van der Waals surface area contributed by atoms with Gasteiger partial charge in [0.1, 0.15) is 0 Å². The summed E-state index contributed by atoms with van der Waals surface area (Å²) in [5.41, 5.74) is 2.28. The van der Waals surface area contributed by atoms with Gasteiger partial charge >= 0.3 is 0 Å². The van der Waals surface area contributed by atoms with Gasteiger partial charge < -0.3 is 9.84 Å². The number of hydrogen-bond donors (Lipinski definition) is 1. The molecule has 1 heterocycles. The van der Waals surface area contributed by atoms with E-state index < -0.39 is 0 Å². The molecule has 2 aliphatic rings. The minimum Gasteiger partial charge on any atom is -0.481 e. The number of pyridine rings is 1. The van der Waals surface area contributed by atoms with Crippen LogP contribution in [0.1, 0.15) is 23.6 Å². The first kappa shape index (κ1) is 9.85. The van der Waals surface area contributed by atoms with E-state index in [1.54, 1.807) is 7.11 Å². The van der Waals surface area contributed by atoms with Gasteiger partial charge in [-0.1, -0.05) is 18.2 Å². The number of rotatable bonds is 1. The van der Waals surface area contributed by atoms with Crippen LogP contribution in [-0.2, 0) is 6.42 Å². The number of methoxy groups -OCH3 is 1. The molecule has 0 aromatic carbocycles. The van der Waals surface area contributed by atoms with Crippen molar-refractivity contribution in [2.24, 2.45) is 5.92 Å². The van der Waals surface area contributed by atoms with Crippen LogP contribution in [0.15, 0.2) is 24.3 Å². The summed E-state index contributed by atoms with van der Waals surface area (Å²) < 4.78 is 5.14. The minimum absolute atomic E-state index is 0.220. The SMILES string of the molecule is COc1ccc2c(n1)C[C@@H]1C=CC[C@H]2[C@H]1O. The summed E-state index contributed by atoms with van der Waals surface area (Å²) in [6, 6.07) is 3.93. The van der Waals surface area contributed by atoms with Crippen LogP contribution in [0.4, 0.5) is 0 Å². The summed E-state index contributed by atoms with van der Waals surface area (Å²) in [4.78, 5) is 4.48. The highest BCUT2D eigenvalue weighted by molar-refractivity contribution is 5.36. The summed E-state index contributed by atoms with van der Waals surface area (Å²) in [7, 11) is 1.63. The van der Waals surface area contributed by atoms with Crippen molar-refractivity contribution in [3.05, 3.63) is 35.5 Å². The molecular weight excluding hydrogens is 202 g/mol. The van der Waals surface area contributed by atoms with E-state index in [9.17, 15) is 5.11 Å². The van der Waals surface area contributed by atoms with Crippen molar-refractivity contribution in [3.63, 3.8) is 0 Å². The molecule has 1 aromatic heterocycles. The Morgan fingerprint density at radius 1 is 1.44 bits per heavy atom. The smallest absolute Gasteiger partial charge is 0.213 e. The lowest BCUT2D eigenvalue weighted by Gasteiger charge is -2.37. The van der Waals surface area contributed by atoms with Crippen LogP contribution in [0.2, 0.25) is 0 Å². The molecule has 0 fully saturated rings. The summed E-state index contributed by atoms with van der Waals surface area (Å²) in [5.74, 6) is 1.11. The van der Waals surface area contributed by atoms with E-state index in [2.05, 4.69) is 17.1 Å². The van der Waals surface area contributed by atoms with Crippen molar-refractivity contribution >= 4 is 0 Å². The molecule has 84 valence electrons. The van der Waals surface area contributed by atoms with Crippen molar-refractivity contribution in [1.29, 1.82) is 0 Å². The Bertz CT molecular complexity index is 442. The zero-order chi connectivity index (χ0) is 11.1. The maximum absolute atomic E-state index is 10.2. The van der Waals surface area contributed by atoms with Crippen LogP contribution < -0.4 is 4.74 Å². The molecule has 0 aliphatic heterocycles. The van der Waals surface area contributed by atoms with Gasteiger partial charge in [0.25, 0.3) is 0 Å². The summed E-state index contributed by atoms with van der Waals surface area (Å²) in [6.07, 6.45) is 5.78. The lowest BCUT2D eigenvalue weighted by atomic mass is 9.72. The predicted octanol–water partition coefficient (Wildman–Crippen LogP) is 1.67. The van der Waals surface area contributed by atoms with Gasteiger partial charge in [-0.2, -0.15) is 0 Å². The van der Waals surface area contributed by atoms with Gasteiger partial charge in [-0.15, -0.1) is 0 Å². The average molecular weight is 217 g/mol. The van der Waals surface area contributed by atoms with E-state index in [-0.39, 0.29) is 17.9 Å². The second kappa shape index (κ2) is 3.59. The highest BCUT2D eigenvalue weighted by Gasteiger charge is 2.36. The van der Waals surface area contributed by atoms with Crippen LogP contribution in [0.3, 0.4) is 0 Å². The quantitative estimate of drug-likeness (QED) is 0.727. The first-order chi connectivity index (χ1) is 7.79. The third kappa shape index (κ3) is 1.35. The number of hydrogen-bond acceptors (Lipinski definition) is 3. The van der Waals surface area contributed by atoms with Crippen LogP contribution in [-0.4, -0.2) is 23.3 Å². The van der Waals surface area contributed by atoms with Crippen LogP contribution >= 0.6 is 0 Å². The van der Waals surface area contributed by atoms with Gasteiger partial charge in [0.05, 0.1) is 13.2 Å². The highest BCUT2D eigenvalue weighted by Crippen LogP contribution is 2.40. The maximum atomic E-state index is 10.2. The molecule has 1 aromatic rings. The number of fused-ring (bicyclic) bond motifs is 4. The number of allylic oxidation sites excluding steroid dienone is 1. The molecule has 0 radical (unpaired) electrons. The third-order valence-electron chi connectivity index (χ3n) is 3.65. The van der Waals surface area contributed by atoms with Crippen LogP contribution in [0.5, 0.6) is 5.88 Å². The van der Waals surface area contributed by atoms with E-state index in [0.29, 0.717) is 5.88 Å². The van der Waals surface area contributed by atoms with Gasteiger partial charge in [-0.05, 0) is 18.4 Å². The lowest BCUT2D eigenvalue weighted by Crippen LogP contribution is -2.35. The Labute approximate surface area is 94.8 Å². The molecular formula is C13H15NO2. The second-order valence-corrected chi connectivity index (χ2v) is 4.52. The number of aliphatic hydroxyl groups excluding tert-OH is 1. The topological polar surface area (TPSA) is 42.4 Å². The zero-order valence-electron chi connectivity index (χ0n) is 9.26. The maximum Gasteiger partial charge on any atom is 0.213 e. The third-order valence-corrected chi connectivity index (χ3v) is 3.65. The number of aromatic nitrogens is 1. The fourth-order valence-corrected chi connectivity index (χ4v) is 2.78. The fourth-order valence-electron chi connectivity index (χ4n) is 2.78. The summed E-state index contributed by atoms with van der Waals surface area (Å²) >= 11 is 0. The van der Waals surface area contributed by atoms with Crippen molar-refractivity contribution in [3.8, 4) is 5.88 Å². The fraction of sp³-hybridized carbons (Fsp3) is 0.462. The van der Waals surface area contributed by atoms with Crippen molar-refractivity contribution in [1.82, 2.24) is 4.98 Å². The molecule has 2 bridgehead atoms. The largest absolute Gasteiger partial charge is 0.481 e. The molecule has 3 nitrogen and oxygen atoms in total. The molecule has 0 spiro atoms. The molecule has 3 heteroatoms. The zero-order valence-corrected chi connectivity index (χ0v) is 9.26. The molecule has 0 unspecified atom stereocenters. The monoisotopic (exact) mass is 217 g/mol. The molecule has 3 rings (SSSR count). The van der Waals surface area contributed by atoms with Gasteiger partial charge in [-0.3, -0.25) is 0 Å². The van der Waals surface area contributed by atoms with Crippen LogP contribution in [0, 0.1) is 5.92 Å². The highest BCUT2D eigenvalue weighted by atomic mass is 16.5. The second-order valence-electron chi connectivity index (χ2n) is 4.52. The first-order valence-electron chi connectivity index (χ1n) is 5.68. The van der Waals surface area contributed by atoms with Gasteiger partial charge in [-0.25, -0.2) is 4.98 Å². The first-order valence-corrected chi connectivity index (χ1v) is 5.68. The normalized spacial score (nSPS) is 31.0. The van der Waals surface area contributed by atoms with E-state index in [1.165, 1.54) is 5.56 Å². The van der Waals surface area contributed by atoms with Gasteiger partial charge in [0.2, 0.25) is 5.88 Å².